The van der Waals surface area contributed by atoms with E-state index in [4.69, 9.17) is 11.6 Å². The highest BCUT2D eigenvalue weighted by atomic mass is 19.1. The van der Waals surface area contributed by atoms with Crippen LogP contribution in [0.2, 0.25) is 0 Å². The van der Waals surface area contributed by atoms with Crippen LogP contribution >= 0.6 is 0 Å². The van der Waals surface area contributed by atoms with E-state index in [0.29, 0.717) is 5.69 Å². The molecule has 33 heavy (non-hydrogen) atoms. The average Bonchev–Trinajstić information content (AvgIpc) is 2.84. The van der Waals surface area contributed by atoms with Gasteiger partial charge in [0, 0.05) is 25.0 Å². The van der Waals surface area contributed by atoms with Crippen molar-refractivity contribution in [3.63, 3.8) is 0 Å². The summed E-state index contributed by atoms with van der Waals surface area (Å²) in [6.07, 6.45) is 3.90. The molecule has 0 amide bonds. The zero-order valence-corrected chi connectivity index (χ0v) is 18.8. The highest BCUT2D eigenvalue weighted by Gasteiger charge is 2.24. The first kappa shape index (κ1) is 23.2. The zero-order chi connectivity index (χ0) is 23.2. The van der Waals surface area contributed by atoms with Gasteiger partial charge in [0.1, 0.15) is 11.6 Å². The van der Waals surface area contributed by atoms with E-state index in [1.54, 1.807) is 0 Å². The first-order valence-corrected chi connectivity index (χ1v) is 11.6. The molecule has 1 saturated heterocycles. The van der Waals surface area contributed by atoms with Crippen LogP contribution in [0.1, 0.15) is 42.7 Å². The molecule has 0 saturated carbocycles. The Morgan fingerprint density at radius 1 is 0.848 bits per heavy atom. The summed E-state index contributed by atoms with van der Waals surface area (Å²) in [6.45, 7) is 2.97. The Labute approximate surface area is 194 Å². The smallest absolute Gasteiger partial charge is 0.123 e. The largest absolute Gasteiger partial charge is 0.397 e. The Kier molecular flexibility index (Phi) is 7.57. The van der Waals surface area contributed by atoms with Gasteiger partial charge >= 0.3 is 0 Å². The molecule has 0 unspecified atom stereocenters. The lowest BCUT2D eigenvalue weighted by molar-refractivity contribution is 0.205. The predicted octanol–water partition coefficient (Wildman–Crippen LogP) is 5.30. The number of anilines is 2. The molecular formula is C27H32F2N4. The Morgan fingerprint density at radius 3 is 1.94 bits per heavy atom. The monoisotopic (exact) mass is 450 g/mol. The quantitative estimate of drug-likeness (QED) is 0.278. The molecule has 0 aliphatic carbocycles. The second kappa shape index (κ2) is 10.8. The second-order valence-corrected chi connectivity index (χ2v) is 8.84. The van der Waals surface area contributed by atoms with E-state index < -0.39 is 0 Å². The number of rotatable bonds is 8. The maximum atomic E-state index is 13.4. The molecule has 0 bridgehead atoms. The van der Waals surface area contributed by atoms with Gasteiger partial charge < -0.3 is 15.6 Å². The maximum absolute atomic E-state index is 13.4. The van der Waals surface area contributed by atoms with Crippen molar-refractivity contribution < 1.29 is 8.78 Å². The number of likely N-dealkylation sites (tertiary alicyclic amines) is 1. The summed E-state index contributed by atoms with van der Waals surface area (Å²) in [6, 6.07) is 21.3. The van der Waals surface area contributed by atoms with Crippen LogP contribution in [-0.4, -0.2) is 30.6 Å². The van der Waals surface area contributed by atoms with Gasteiger partial charge in [0.15, 0.2) is 0 Å². The van der Waals surface area contributed by atoms with Crippen molar-refractivity contribution in [3.8, 4) is 0 Å². The SMILES string of the molecule is Nc1ccccc1N(N)C1CCN(CCCC(c2ccc(F)cc2)c2ccc(F)cc2)CC1. The van der Waals surface area contributed by atoms with Gasteiger partial charge in [0.25, 0.3) is 0 Å². The summed E-state index contributed by atoms with van der Waals surface area (Å²) < 4.78 is 26.9. The number of para-hydroxylation sites is 2. The summed E-state index contributed by atoms with van der Waals surface area (Å²) >= 11 is 0. The van der Waals surface area contributed by atoms with Crippen molar-refractivity contribution in [3.05, 3.63) is 95.6 Å². The molecule has 1 fully saturated rings. The molecule has 3 aromatic rings. The standard InChI is InChI=1S/C27H32F2N4/c28-22-11-7-20(8-12-22)25(21-9-13-23(29)14-10-21)4-3-17-32-18-15-24(16-19-32)33(31)27-6-2-1-5-26(27)30/h1-2,5-14,24-25H,3-4,15-19,30-31H2. The lowest BCUT2D eigenvalue weighted by Gasteiger charge is -2.37. The third kappa shape index (κ3) is 5.89. The molecule has 0 radical (unpaired) electrons. The number of hydrogen-bond donors (Lipinski definition) is 2. The van der Waals surface area contributed by atoms with Crippen LogP contribution < -0.4 is 16.6 Å². The summed E-state index contributed by atoms with van der Waals surface area (Å²) in [4.78, 5) is 2.48. The number of hydrazine groups is 1. The van der Waals surface area contributed by atoms with Crippen LogP contribution in [0.15, 0.2) is 72.8 Å². The number of benzene rings is 3. The second-order valence-electron chi connectivity index (χ2n) is 8.84. The maximum Gasteiger partial charge on any atom is 0.123 e. The molecule has 6 heteroatoms. The third-order valence-electron chi connectivity index (χ3n) is 6.68. The number of hydrogen-bond acceptors (Lipinski definition) is 4. The molecular weight excluding hydrogens is 418 g/mol. The van der Waals surface area contributed by atoms with Gasteiger partial charge in [0.2, 0.25) is 0 Å². The first-order chi connectivity index (χ1) is 16.0. The predicted molar refractivity (Wildman–Crippen MR) is 131 cm³/mol. The Balaban J connectivity index is 1.32. The number of nitrogen functional groups attached to an aromatic ring is 1. The molecule has 174 valence electrons. The first-order valence-electron chi connectivity index (χ1n) is 11.6. The molecule has 4 N–H and O–H groups in total. The minimum absolute atomic E-state index is 0.115. The zero-order valence-electron chi connectivity index (χ0n) is 18.8. The lowest BCUT2D eigenvalue weighted by Crippen LogP contribution is -2.48. The van der Waals surface area contributed by atoms with Crippen LogP contribution in [0.3, 0.4) is 0 Å². The van der Waals surface area contributed by atoms with E-state index in [0.717, 1.165) is 62.1 Å². The Hall–Kier alpha value is -2.96. The molecule has 0 atom stereocenters. The molecule has 1 aliphatic rings. The molecule has 1 aliphatic heterocycles. The van der Waals surface area contributed by atoms with E-state index in [1.165, 1.54) is 24.3 Å². The topological polar surface area (TPSA) is 58.5 Å². The van der Waals surface area contributed by atoms with Crippen molar-refractivity contribution in [2.75, 3.05) is 30.4 Å². The van der Waals surface area contributed by atoms with Gasteiger partial charge in [-0.25, -0.2) is 14.6 Å². The average molecular weight is 451 g/mol. The highest BCUT2D eigenvalue weighted by Crippen LogP contribution is 2.30. The van der Waals surface area contributed by atoms with Crippen LogP contribution in [0.25, 0.3) is 0 Å². The van der Waals surface area contributed by atoms with Crippen LogP contribution in [0.5, 0.6) is 0 Å². The Bertz CT molecular complexity index is 970. The van der Waals surface area contributed by atoms with E-state index in [2.05, 4.69) is 4.90 Å². The molecule has 1 heterocycles. The van der Waals surface area contributed by atoms with E-state index in [9.17, 15) is 8.78 Å². The van der Waals surface area contributed by atoms with Gasteiger partial charge in [0.05, 0.1) is 11.4 Å². The molecule has 4 nitrogen and oxygen atoms in total. The fourth-order valence-electron chi connectivity index (χ4n) is 4.78. The third-order valence-corrected chi connectivity index (χ3v) is 6.68. The van der Waals surface area contributed by atoms with Crippen molar-refractivity contribution in [2.45, 2.75) is 37.6 Å². The summed E-state index contributed by atoms with van der Waals surface area (Å²) in [5, 5.41) is 1.83. The number of nitrogens with two attached hydrogens (primary N) is 2. The van der Waals surface area contributed by atoms with Crippen molar-refractivity contribution >= 4 is 11.4 Å². The van der Waals surface area contributed by atoms with Crippen LogP contribution in [0.4, 0.5) is 20.2 Å². The van der Waals surface area contributed by atoms with Gasteiger partial charge in [-0.1, -0.05) is 36.4 Å². The summed E-state index contributed by atoms with van der Waals surface area (Å²) in [7, 11) is 0. The minimum Gasteiger partial charge on any atom is -0.397 e. The lowest BCUT2D eigenvalue weighted by atomic mass is 9.87. The van der Waals surface area contributed by atoms with Crippen LogP contribution in [-0.2, 0) is 0 Å². The number of piperidine rings is 1. The molecule has 0 spiro atoms. The number of nitrogens with zero attached hydrogens (tertiary/aromatic N) is 2. The summed E-state index contributed by atoms with van der Waals surface area (Å²) in [5.74, 6) is 6.01. The van der Waals surface area contributed by atoms with Crippen molar-refractivity contribution in [1.29, 1.82) is 0 Å². The van der Waals surface area contributed by atoms with Gasteiger partial charge in [-0.2, -0.15) is 0 Å². The van der Waals surface area contributed by atoms with Gasteiger partial charge in [-0.3, -0.25) is 0 Å². The minimum atomic E-state index is -0.245. The Morgan fingerprint density at radius 2 is 1.39 bits per heavy atom. The fraction of sp³-hybridized carbons (Fsp3) is 0.333. The van der Waals surface area contributed by atoms with E-state index in [1.807, 2.05) is 53.5 Å². The summed E-state index contributed by atoms with van der Waals surface area (Å²) in [5.41, 5.74) is 9.79. The normalized spacial score (nSPS) is 15.2. The van der Waals surface area contributed by atoms with Crippen LogP contribution in [0, 0.1) is 11.6 Å². The van der Waals surface area contributed by atoms with Crippen molar-refractivity contribution in [1.82, 2.24) is 4.90 Å². The highest BCUT2D eigenvalue weighted by molar-refractivity contribution is 5.66. The molecule has 3 aromatic carbocycles. The molecule has 4 rings (SSSR count). The van der Waals surface area contributed by atoms with E-state index >= 15 is 0 Å². The number of halogens is 2. The van der Waals surface area contributed by atoms with E-state index in [-0.39, 0.29) is 23.6 Å². The van der Waals surface area contributed by atoms with Crippen molar-refractivity contribution in [2.24, 2.45) is 5.84 Å². The van der Waals surface area contributed by atoms with Gasteiger partial charge in [-0.05, 0) is 79.8 Å². The molecule has 0 aromatic heterocycles. The van der Waals surface area contributed by atoms with Gasteiger partial charge in [-0.15, -0.1) is 0 Å². The fourth-order valence-corrected chi connectivity index (χ4v) is 4.78.